The van der Waals surface area contributed by atoms with Crippen LogP contribution >= 0.6 is 11.6 Å². The molecule has 2 heterocycles. The molecule has 0 amide bonds. The first-order valence-electron chi connectivity index (χ1n) is 7.78. The summed E-state index contributed by atoms with van der Waals surface area (Å²) in [5.41, 5.74) is 1.19. The molecular weight excluding hydrogens is 362 g/mol. The minimum Gasteiger partial charge on any atom is -0.507 e. The molecule has 0 aliphatic carbocycles. The highest BCUT2D eigenvalue weighted by Gasteiger charge is 2.15. The van der Waals surface area contributed by atoms with Crippen molar-refractivity contribution in [3.63, 3.8) is 0 Å². The fraction of sp³-hybridized carbons (Fsp3) is 0.333. The van der Waals surface area contributed by atoms with E-state index in [1.165, 1.54) is 16.8 Å². The van der Waals surface area contributed by atoms with Gasteiger partial charge in [0.1, 0.15) is 11.5 Å². The molecule has 10 nitrogen and oxygen atoms in total. The first kappa shape index (κ1) is 18.0. The van der Waals surface area contributed by atoms with Gasteiger partial charge in [-0.2, -0.15) is 9.97 Å². The number of aromatic hydroxyl groups is 2. The van der Waals surface area contributed by atoms with Crippen molar-refractivity contribution in [1.82, 2.24) is 25.0 Å². The Morgan fingerprint density at radius 2 is 1.88 bits per heavy atom. The topological polar surface area (TPSA) is 141 Å². The summed E-state index contributed by atoms with van der Waals surface area (Å²) < 4.78 is 1.49. The molecule has 0 radical (unpaired) electrons. The van der Waals surface area contributed by atoms with E-state index >= 15 is 0 Å². The number of phenolic OH excluding ortho intramolecular Hbond substituents is 2. The Balaban J connectivity index is 1.91. The zero-order valence-corrected chi connectivity index (χ0v) is 14.9. The molecule has 0 spiro atoms. The standard InChI is InChI=1S/C15H18ClN7O3/c1-7(24)5-18-15-19-13(12-14(20-15)23(2)22-21-12)17-6-9-10(25)3-8(16)4-11(9)26/h3-4,7,24-26H,5-6H2,1-2H3,(H2,17,18,19,20). The van der Waals surface area contributed by atoms with Crippen LogP contribution in [0, 0.1) is 0 Å². The maximum atomic E-state index is 9.98. The number of hydrogen-bond donors (Lipinski definition) is 5. The monoisotopic (exact) mass is 379 g/mol. The van der Waals surface area contributed by atoms with E-state index in [0.29, 0.717) is 17.0 Å². The van der Waals surface area contributed by atoms with E-state index in [9.17, 15) is 15.3 Å². The van der Waals surface area contributed by atoms with Crippen LogP contribution in [0.5, 0.6) is 11.5 Å². The lowest BCUT2D eigenvalue weighted by molar-refractivity contribution is 0.208. The number of nitrogens with one attached hydrogen (secondary N) is 2. The number of anilines is 2. The van der Waals surface area contributed by atoms with Crippen LogP contribution in [-0.4, -0.2) is 52.9 Å². The number of nitrogens with zero attached hydrogens (tertiary/aromatic N) is 5. The van der Waals surface area contributed by atoms with Gasteiger partial charge in [-0.1, -0.05) is 16.8 Å². The predicted octanol–water partition coefficient (Wildman–Crippen LogP) is 1.23. The van der Waals surface area contributed by atoms with Crippen molar-refractivity contribution in [2.24, 2.45) is 7.05 Å². The molecule has 138 valence electrons. The van der Waals surface area contributed by atoms with Gasteiger partial charge in [0.05, 0.1) is 11.7 Å². The predicted molar refractivity (Wildman–Crippen MR) is 96.4 cm³/mol. The van der Waals surface area contributed by atoms with Gasteiger partial charge in [-0.25, -0.2) is 4.68 Å². The minimum absolute atomic E-state index is 0.0768. The quantitative estimate of drug-likeness (QED) is 0.427. The smallest absolute Gasteiger partial charge is 0.226 e. The van der Waals surface area contributed by atoms with Gasteiger partial charge in [-0.3, -0.25) is 0 Å². The summed E-state index contributed by atoms with van der Waals surface area (Å²) >= 11 is 5.79. The van der Waals surface area contributed by atoms with Gasteiger partial charge in [0.25, 0.3) is 0 Å². The summed E-state index contributed by atoms with van der Waals surface area (Å²) in [6.07, 6.45) is -0.571. The fourth-order valence-electron chi connectivity index (χ4n) is 2.32. The van der Waals surface area contributed by atoms with Gasteiger partial charge in [0.15, 0.2) is 17.0 Å². The van der Waals surface area contributed by atoms with Crippen molar-refractivity contribution in [3.8, 4) is 11.5 Å². The van der Waals surface area contributed by atoms with Crippen molar-refractivity contribution < 1.29 is 15.3 Å². The number of halogens is 1. The van der Waals surface area contributed by atoms with Crippen LogP contribution in [0.25, 0.3) is 11.2 Å². The number of aliphatic hydroxyl groups excluding tert-OH is 1. The second-order valence-electron chi connectivity index (χ2n) is 5.79. The van der Waals surface area contributed by atoms with Gasteiger partial charge in [0.2, 0.25) is 5.95 Å². The van der Waals surface area contributed by atoms with Crippen LogP contribution in [0.15, 0.2) is 12.1 Å². The third kappa shape index (κ3) is 3.70. The van der Waals surface area contributed by atoms with Gasteiger partial charge in [-0.05, 0) is 19.1 Å². The lowest BCUT2D eigenvalue weighted by Crippen LogP contribution is -2.17. The summed E-state index contributed by atoms with van der Waals surface area (Å²) in [7, 11) is 1.70. The van der Waals surface area contributed by atoms with Crippen molar-refractivity contribution in [3.05, 3.63) is 22.7 Å². The highest BCUT2D eigenvalue weighted by Crippen LogP contribution is 2.32. The number of benzene rings is 1. The van der Waals surface area contributed by atoms with E-state index in [1.54, 1.807) is 14.0 Å². The number of phenols is 2. The number of aliphatic hydroxyl groups is 1. The molecule has 0 bridgehead atoms. The normalized spacial score (nSPS) is 12.3. The number of rotatable bonds is 6. The molecule has 0 aliphatic heterocycles. The molecule has 0 aliphatic rings. The maximum Gasteiger partial charge on any atom is 0.226 e. The van der Waals surface area contributed by atoms with E-state index in [-0.39, 0.29) is 41.1 Å². The Hall–Kier alpha value is -2.85. The second-order valence-corrected chi connectivity index (χ2v) is 6.22. The molecule has 0 saturated carbocycles. The SMILES string of the molecule is CC(O)CNc1nc(NCc2c(O)cc(Cl)cc2O)c2nnn(C)c2n1. The molecule has 26 heavy (non-hydrogen) atoms. The first-order valence-corrected chi connectivity index (χ1v) is 8.16. The number of hydrogen-bond acceptors (Lipinski definition) is 9. The Labute approximate surface area is 153 Å². The molecule has 5 N–H and O–H groups in total. The van der Waals surface area contributed by atoms with Crippen LogP contribution in [0.1, 0.15) is 12.5 Å². The van der Waals surface area contributed by atoms with E-state index in [1.807, 2.05) is 0 Å². The number of aromatic nitrogens is 5. The molecule has 1 atom stereocenters. The highest BCUT2D eigenvalue weighted by molar-refractivity contribution is 6.30. The Kier molecular flexibility index (Phi) is 4.96. The zero-order valence-electron chi connectivity index (χ0n) is 14.1. The Morgan fingerprint density at radius 1 is 1.19 bits per heavy atom. The van der Waals surface area contributed by atoms with Gasteiger partial charge in [-0.15, -0.1) is 5.10 Å². The lowest BCUT2D eigenvalue weighted by Gasteiger charge is -2.12. The largest absolute Gasteiger partial charge is 0.507 e. The van der Waals surface area contributed by atoms with Crippen molar-refractivity contribution in [2.45, 2.75) is 19.6 Å². The fourth-order valence-corrected chi connectivity index (χ4v) is 2.52. The number of aryl methyl sites for hydroxylation is 1. The van der Waals surface area contributed by atoms with E-state index in [4.69, 9.17) is 11.6 Å². The molecular formula is C15H18ClN7O3. The van der Waals surface area contributed by atoms with Gasteiger partial charge < -0.3 is 26.0 Å². The summed E-state index contributed by atoms with van der Waals surface area (Å²) in [6.45, 7) is 1.99. The van der Waals surface area contributed by atoms with Crippen molar-refractivity contribution >= 4 is 34.5 Å². The van der Waals surface area contributed by atoms with Crippen LogP contribution in [0.4, 0.5) is 11.8 Å². The molecule has 1 unspecified atom stereocenters. The lowest BCUT2D eigenvalue weighted by atomic mass is 10.1. The Morgan fingerprint density at radius 3 is 2.54 bits per heavy atom. The average molecular weight is 380 g/mol. The van der Waals surface area contributed by atoms with E-state index in [2.05, 4.69) is 30.9 Å². The van der Waals surface area contributed by atoms with Crippen LogP contribution < -0.4 is 10.6 Å². The van der Waals surface area contributed by atoms with Gasteiger partial charge in [0, 0.05) is 25.2 Å². The summed E-state index contributed by atoms with van der Waals surface area (Å²) in [6, 6.07) is 2.68. The highest BCUT2D eigenvalue weighted by atomic mass is 35.5. The number of fused-ring (bicyclic) bond motifs is 1. The van der Waals surface area contributed by atoms with Crippen molar-refractivity contribution in [2.75, 3.05) is 17.2 Å². The third-order valence-corrected chi connectivity index (χ3v) is 3.83. The first-order chi connectivity index (χ1) is 12.3. The summed E-state index contributed by atoms with van der Waals surface area (Å²) in [5, 5.41) is 43.5. The summed E-state index contributed by atoms with van der Waals surface area (Å²) in [5.74, 6) is 0.375. The Bertz CT molecular complexity index is 921. The van der Waals surface area contributed by atoms with Crippen LogP contribution in [-0.2, 0) is 13.6 Å². The summed E-state index contributed by atoms with van der Waals surface area (Å²) in [4.78, 5) is 8.65. The minimum atomic E-state index is -0.571. The van der Waals surface area contributed by atoms with E-state index in [0.717, 1.165) is 0 Å². The van der Waals surface area contributed by atoms with Crippen LogP contribution in [0.2, 0.25) is 5.02 Å². The second kappa shape index (κ2) is 7.18. The molecule has 3 rings (SSSR count). The van der Waals surface area contributed by atoms with Gasteiger partial charge >= 0.3 is 0 Å². The molecule has 2 aromatic heterocycles. The molecule has 0 saturated heterocycles. The maximum absolute atomic E-state index is 9.98. The third-order valence-electron chi connectivity index (χ3n) is 3.61. The average Bonchev–Trinajstić information content (AvgIpc) is 2.93. The molecule has 1 aromatic carbocycles. The molecule has 11 heteroatoms. The molecule has 3 aromatic rings. The van der Waals surface area contributed by atoms with E-state index < -0.39 is 6.10 Å². The van der Waals surface area contributed by atoms with Crippen molar-refractivity contribution in [1.29, 1.82) is 0 Å². The zero-order chi connectivity index (χ0) is 18.8. The molecule has 0 fully saturated rings. The van der Waals surface area contributed by atoms with Crippen LogP contribution in [0.3, 0.4) is 0 Å².